The molecule has 0 amide bonds. The van der Waals surface area contributed by atoms with Crippen LogP contribution in [0.25, 0.3) is 22.3 Å². The van der Waals surface area contributed by atoms with Gasteiger partial charge in [0.05, 0.1) is 17.8 Å². The van der Waals surface area contributed by atoms with Crippen LogP contribution in [0.5, 0.6) is 0 Å². The van der Waals surface area contributed by atoms with Gasteiger partial charge in [-0.2, -0.15) is 0 Å². The lowest BCUT2D eigenvalue weighted by molar-refractivity contribution is 0.127. The third-order valence-corrected chi connectivity index (χ3v) is 4.28. The zero-order valence-electron chi connectivity index (χ0n) is 16.2. The third-order valence-electron chi connectivity index (χ3n) is 4.28. The summed E-state index contributed by atoms with van der Waals surface area (Å²) in [5, 5.41) is 7.02. The van der Waals surface area contributed by atoms with Crippen molar-refractivity contribution >= 4 is 17.0 Å². The van der Waals surface area contributed by atoms with Crippen LogP contribution in [0.2, 0.25) is 0 Å². The Hall–Kier alpha value is -2.74. The highest BCUT2D eigenvalue weighted by atomic mass is 16.5. The number of aryl methyl sites for hydroxylation is 2. The van der Waals surface area contributed by atoms with Crippen molar-refractivity contribution in [1.82, 2.24) is 19.7 Å². The first-order valence-corrected chi connectivity index (χ1v) is 9.22. The van der Waals surface area contributed by atoms with Crippen LogP contribution < -0.4 is 10.9 Å². The zero-order valence-corrected chi connectivity index (χ0v) is 16.2. The maximum Gasteiger partial charge on any atom is 0.293 e. The van der Waals surface area contributed by atoms with Gasteiger partial charge in [0, 0.05) is 37.0 Å². The molecule has 144 valence electrons. The highest BCUT2D eigenvalue weighted by Gasteiger charge is 2.16. The number of hydrogen-bond donors (Lipinski definition) is 1. The van der Waals surface area contributed by atoms with E-state index in [0.717, 1.165) is 23.2 Å². The second-order valence-electron chi connectivity index (χ2n) is 6.33. The Labute approximate surface area is 157 Å². The van der Waals surface area contributed by atoms with Crippen molar-refractivity contribution in [2.75, 3.05) is 25.1 Å². The molecule has 0 unspecified atom stereocenters. The molecule has 0 aliphatic rings. The van der Waals surface area contributed by atoms with Gasteiger partial charge in [-0.1, -0.05) is 12.1 Å². The lowest BCUT2D eigenvalue weighted by Gasteiger charge is -2.13. The lowest BCUT2D eigenvalue weighted by atomic mass is 10.1. The van der Waals surface area contributed by atoms with E-state index in [9.17, 15) is 4.79 Å². The summed E-state index contributed by atoms with van der Waals surface area (Å²) in [6.07, 6.45) is 2.67. The van der Waals surface area contributed by atoms with Crippen molar-refractivity contribution in [3.05, 3.63) is 34.1 Å². The number of fused-ring (bicyclic) bond motifs is 1. The maximum atomic E-state index is 12.9. The Morgan fingerprint density at radius 1 is 1.26 bits per heavy atom. The number of ether oxygens (including phenoxy) is 1. The molecule has 0 bridgehead atoms. The number of pyridine rings is 1. The summed E-state index contributed by atoms with van der Waals surface area (Å²) < 4.78 is 12.5. The van der Waals surface area contributed by atoms with E-state index in [-0.39, 0.29) is 5.56 Å². The minimum absolute atomic E-state index is 0.179. The van der Waals surface area contributed by atoms with Crippen LogP contribution in [0.3, 0.4) is 0 Å². The normalized spacial score (nSPS) is 11.3. The molecular formula is C19H25N5O3. The fourth-order valence-corrected chi connectivity index (χ4v) is 3.06. The van der Waals surface area contributed by atoms with E-state index in [4.69, 9.17) is 9.26 Å². The van der Waals surface area contributed by atoms with Crippen molar-refractivity contribution < 1.29 is 9.26 Å². The second-order valence-corrected chi connectivity index (χ2v) is 6.33. The molecule has 3 aromatic heterocycles. The van der Waals surface area contributed by atoms with Crippen LogP contribution in [0.4, 0.5) is 5.82 Å². The monoisotopic (exact) mass is 371 g/mol. The Kier molecular flexibility index (Phi) is 5.85. The van der Waals surface area contributed by atoms with E-state index in [1.165, 1.54) is 0 Å². The smallest absolute Gasteiger partial charge is 0.293 e. The van der Waals surface area contributed by atoms with Gasteiger partial charge in [0.15, 0.2) is 11.5 Å². The van der Waals surface area contributed by atoms with Gasteiger partial charge in [-0.05, 0) is 33.3 Å². The summed E-state index contributed by atoms with van der Waals surface area (Å²) in [6, 6.07) is 1.92. The highest BCUT2D eigenvalue weighted by molar-refractivity contribution is 5.80. The van der Waals surface area contributed by atoms with Crippen molar-refractivity contribution in [2.24, 2.45) is 0 Å². The molecule has 0 aliphatic carbocycles. The number of anilines is 1. The molecule has 3 heterocycles. The van der Waals surface area contributed by atoms with Crippen molar-refractivity contribution in [3.63, 3.8) is 0 Å². The first-order chi connectivity index (χ1) is 13.1. The van der Waals surface area contributed by atoms with E-state index >= 15 is 0 Å². The summed E-state index contributed by atoms with van der Waals surface area (Å²) in [4.78, 5) is 21.8. The maximum absolute atomic E-state index is 12.9. The van der Waals surface area contributed by atoms with Crippen LogP contribution in [0.15, 0.2) is 21.6 Å². The average Bonchev–Trinajstić information content (AvgIpc) is 2.99. The number of nitrogens with zero attached hydrogens (tertiary/aromatic N) is 4. The molecule has 0 saturated carbocycles. The molecule has 8 heteroatoms. The molecule has 0 saturated heterocycles. The third kappa shape index (κ3) is 3.85. The first kappa shape index (κ1) is 19.0. The van der Waals surface area contributed by atoms with E-state index < -0.39 is 0 Å². The summed E-state index contributed by atoms with van der Waals surface area (Å²) in [5.41, 5.74) is 3.52. The molecule has 3 rings (SSSR count). The molecule has 0 atom stereocenters. The largest absolute Gasteiger partial charge is 0.380 e. The van der Waals surface area contributed by atoms with Gasteiger partial charge in [-0.15, -0.1) is 0 Å². The Bertz CT molecular complexity index is 973. The Morgan fingerprint density at radius 3 is 2.74 bits per heavy atom. The van der Waals surface area contributed by atoms with Crippen molar-refractivity contribution in [2.45, 2.75) is 40.7 Å². The van der Waals surface area contributed by atoms with E-state index in [1.54, 1.807) is 10.8 Å². The standard InChI is InChI=1S/C19H25N5O3/c1-5-8-26-9-7-24-15-10-14(16-12(3)23-27-13(16)4)11-21-17(15)22-18(19(24)25)20-6-2/h10-11H,5-9H2,1-4H3,(H,20,21,22). The number of nitrogens with one attached hydrogen (secondary N) is 1. The fraction of sp³-hybridized carbons (Fsp3) is 0.474. The molecule has 1 N–H and O–H groups in total. The first-order valence-electron chi connectivity index (χ1n) is 9.22. The van der Waals surface area contributed by atoms with Crippen LogP contribution >= 0.6 is 0 Å². The predicted molar refractivity (Wildman–Crippen MR) is 104 cm³/mol. The molecule has 27 heavy (non-hydrogen) atoms. The molecule has 0 radical (unpaired) electrons. The molecule has 8 nitrogen and oxygen atoms in total. The van der Waals surface area contributed by atoms with Gasteiger partial charge >= 0.3 is 0 Å². The quantitative estimate of drug-likeness (QED) is 0.608. The van der Waals surface area contributed by atoms with Gasteiger partial charge in [0.2, 0.25) is 0 Å². The molecular weight excluding hydrogens is 346 g/mol. The minimum Gasteiger partial charge on any atom is -0.380 e. The Balaban J connectivity index is 2.12. The van der Waals surface area contributed by atoms with E-state index in [1.807, 2.05) is 26.8 Å². The van der Waals surface area contributed by atoms with Crippen LogP contribution in [-0.4, -0.2) is 39.5 Å². The molecule has 0 aliphatic heterocycles. The molecule has 3 aromatic rings. The fourth-order valence-electron chi connectivity index (χ4n) is 3.06. The summed E-state index contributed by atoms with van der Waals surface area (Å²) >= 11 is 0. The summed E-state index contributed by atoms with van der Waals surface area (Å²) in [5.74, 6) is 1.02. The Morgan fingerprint density at radius 2 is 2.07 bits per heavy atom. The molecule has 0 fully saturated rings. The lowest BCUT2D eigenvalue weighted by Crippen LogP contribution is -2.27. The summed E-state index contributed by atoms with van der Waals surface area (Å²) in [6.45, 7) is 9.88. The van der Waals surface area contributed by atoms with Crippen molar-refractivity contribution in [3.8, 4) is 11.1 Å². The van der Waals surface area contributed by atoms with Crippen LogP contribution in [0.1, 0.15) is 31.7 Å². The number of rotatable bonds is 8. The number of hydrogen-bond acceptors (Lipinski definition) is 7. The van der Waals surface area contributed by atoms with Gasteiger partial charge in [-0.25, -0.2) is 9.97 Å². The van der Waals surface area contributed by atoms with Gasteiger partial charge in [-0.3, -0.25) is 9.36 Å². The van der Waals surface area contributed by atoms with Crippen molar-refractivity contribution in [1.29, 1.82) is 0 Å². The van der Waals surface area contributed by atoms with Crippen LogP contribution in [0, 0.1) is 13.8 Å². The topological polar surface area (TPSA) is 95.1 Å². The number of aromatic nitrogens is 4. The second kappa shape index (κ2) is 8.30. The molecule has 0 spiro atoms. The summed E-state index contributed by atoms with van der Waals surface area (Å²) in [7, 11) is 0. The highest BCUT2D eigenvalue weighted by Crippen LogP contribution is 2.28. The molecule has 0 aromatic carbocycles. The van der Waals surface area contributed by atoms with Gasteiger partial charge in [0.25, 0.3) is 5.56 Å². The minimum atomic E-state index is -0.179. The zero-order chi connectivity index (χ0) is 19.4. The average molecular weight is 371 g/mol. The van der Waals surface area contributed by atoms with E-state index in [0.29, 0.717) is 49.0 Å². The van der Waals surface area contributed by atoms with Crippen LogP contribution in [-0.2, 0) is 11.3 Å². The van der Waals surface area contributed by atoms with Gasteiger partial charge in [0.1, 0.15) is 5.76 Å². The van der Waals surface area contributed by atoms with E-state index in [2.05, 4.69) is 27.4 Å². The van der Waals surface area contributed by atoms with Gasteiger partial charge < -0.3 is 14.6 Å². The SMILES string of the molecule is CCCOCCn1c(=O)c(NCC)nc2ncc(-c3c(C)noc3C)cc21. The predicted octanol–water partition coefficient (Wildman–Crippen LogP) is 2.92.